The number of carbonyl (C=O) groups excluding carboxylic acids is 1. The smallest absolute Gasteiger partial charge is 0.238 e. The van der Waals surface area contributed by atoms with Crippen molar-refractivity contribution in [1.29, 1.82) is 0 Å². The molecule has 0 saturated heterocycles. The Bertz CT molecular complexity index is 1090. The van der Waals surface area contributed by atoms with Gasteiger partial charge in [0, 0.05) is 16.4 Å². The molecular formula is C23H22ClFN2O3S. The van der Waals surface area contributed by atoms with Gasteiger partial charge in [-0.15, -0.1) is 11.3 Å². The molecule has 1 unspecified atom stereocenters. The topological polar surface area (TPSA) is 50.8 Å². The molecule has 0 spiro atoms. The van der Waals surface area contributed by atoms with Crippen LogP contribution in [0.25, 0.3) is 0 Å². The Hall–Kier alpha value is -2.61. The normalized spacial score (nSPS) is 15.9. The fourth-order valence-corrected chi connectivity index (χ4v) is 4.96. The van der Waals surface area contributed by atoms with Crippen LogP contribution in [0.1, 0.15) is 22.0 Å². The average Bonchev–Trinajstić information content (AvgIpc) is 3.29. The first kappa shape index (κ1) is 21.6. The lowest BCUT2D eigenvalue weighted by Crippen LogP contribution is -2.41. The number of nitrogens with zero attached hydrogens (tertiary/aromatic N) is 1. The summed E-state index contributed by atoms with van der Waals surface area (Å²) in [6.07, 6.45) is 0.760. The van der Waals surface area contributed by atoms with Gasteiger partial charge in [0.15, 0.2) is 11.5 Å². The van der Waals surface area contributed by atoms with Crippen LogP contribution in [0.15, 0.2) is 47.8 Å². The molecule has 1 aliphatic rings. The summed E-state index contributed by atoms with van der Waals surface area (Å²) in [5.74, 6) is 0.518. The number of carbonyl (C=O) groups is 1. The number of halogens is 2. The number of nitrogens with one attached hydrogen (secondary N) is 1. The van der Waals surface area contributed by atoms with Crippen LogP contribution in [-0.2, 0) is 11.2 Å². The predicted octanol–water partition coefficient (Wildman–Crippen LogP) is 5.14. The van der Waals surface area contributed by atoms with Gasteiger partial charge in [-0.25, -0.2) is 4.39 Å². The number of ether oxygens (including phenoxy) is 2. The highest BCUT2D eigenvalue weighted by molar-refractivity contribution is 7.10. The van der Waals surface area contributed by atoms with E-state index in [-0.39, 0.29) is 24.2 Å². The number of anilines is 1. The molecule has 5 nitrogen and oxygen atoms in total. The minimum atomic E-state index is -0.520. The summed E-state index contributed by atoms with van der Waals surface area (Å²) in [5, 5.41) is 5.03. The van der Waals surface area contributed by atoms with Gasteiger partial charge in [0.1, 0.15) is 5.82 Å². The Balaban J connectivity index is 1.63. The maximum absolute atomic E-state index is 14.0. The number of amides is 1. The maximum Gasteiger partial charge on any atom is 0.238 e. The van der Waals surface area contributed by atoms with E-state index in [1.165, 1.54) is 18.2 Å². The van der Waals surface area contributed by atoms with Crippen molar-refractivity contribution < 1.29 is 18.7 Å². The van der Waals surface area contributed by atoms with Crippen LogP contribution in [0, 0.1) is 5.82 Å². The Labute approximate surface area is 189 Å². The first-order chi connectivity index (χ1) is 15.0. The summed E-state index contributed by atoms with van der Waals surface area (Å²) in [6, 6.07) is 12.0. The standard InChI is InChI=1S/C23H22ClFN2O3S/c1-29-19-10-14-7-8-27(13-22(28)26-18-11-15(24)5-6-17(18)25)23(21-4-3-9-31-21)16(14)12-20(19)30-2/h3-6,9-12,23H,7-8,13H2,1-2H3,(H,26,28). The van der Waals surface area contributed by atoms with Crippen LogP contribution in [0.2, 0.25) is 5.02 Å². The first-order valence-electron chi connectivity index (χ1n) is 9.77. The molecule has 1 amide bonds. The minimum absolute atomic E-state index is 0.0778. The summed E-state index contributed by atoms with van der Waals surface area (Å²) in [4.78, 5) is 16.0. The molecule has 0 radical (unpaired) electrons. The number of methoxy groups -OCH3 is 2. The highest BCUT2D eigenvalue weighted by Gasteiger charge is 2.32. The molecule has 0 bridgehead atoms. The highest BCUT2D eigenvalue weighted by Crippen LogP contribution is 2.42. The minimum Gasteiger partial charge on any atom is -0.493 e. The third kappa shape index (κ3) is 4.54. The van der Waals surface area contributed by atoms with Gasteiger partial charge in [-0.1, -0.05) is 17.7 Å². The largest absolute Gasteiger partial charge is 0.493 e. The number of benzene rings is 2. The van der Waals surface area contributed by atoms with E-state index in [0.717, 1.165) is 22.4 Å². The molecule has 31 heavy (non-hydrogen) atoms. The van der Waals surface area contributed by atoms with Gasteiger partial charge >= 0.3 is 0 Å². The Morgan fingerprint density at radius 3 is 2.71 bits per heavy atom. The third-order valence-corrected chi connectivity index (χ3v) is 6.50. The monoisotopic (exact) mass is 460 g/mol. The number of hydrogen-bond donors (Lipinski definition) is 1. The zero-order valence-electron chi connectivity index (χ0n) is 17.2. The van der Waals surface area contributed by atoms with Crippen molar-refractivity contribution in [2.75, 3.05) is 32.6 Å². The van der Waals surface area contributed by atoms with E-state index < -0.39 is 5.82 Å². The van der Waals surface area contributed by atoms with Gasteiger partial charge in [0.05, 0.1) is 32.5 Å². The zero-order chi connectivity index (χ0) is 22.0. The molecule has 1 aromatic heterocycles. The summed E-state index contributed by atoms with van der Waals surface area (Å²) in [5.41, 5.74) is 2.32. The summed E-state index contributed by atoms with van der Waals surface area (Å²) in [7, 11) is 3.23. The van der Waals surface area contributed by atoms with Crippen molar-refractivity contribution in [2.45, 2.75) is 12.5 Å². The quantitative estimate of drug-likeness (QED) is 0.553. The van der Waals surface area contributed by atoms with Crippen molar-refractivity contribution >= 4 is 34.5 Å². The van der Waals surface area contributed by atoms with Crippen LogP contribution >= 0.6 is 22.9 Å². The van der Waals surface area contributed by atoms with Crippen molar-refractivity contribution in [3.63, 3.8) is 0 Å². The number of hydrogen-bond acceptors (Lipinski definition) is 5. The second kappa shape index (κ2) is 9.26. The molecule has 0 fully saturated rings. The lowest BCUT2D eigenvalue weighted by molar-refractivity contribution is -0.117. The molecule has 3 aromatic rings. The summed E-state index contributed by atoms with van der Waals surface area (Å²) < 4.78 is 25.0. The van der Waals surface area contributed by atoms with E-state index in [1.807, 2.05) is 23.6 Å². The van der Waals surface area contributed by atoms with Crippen LogP contribution in [-0.4, -0.2) is 38.1 Å². The van der Waals surface area contributed by atoms with Crippen LogP contribution in [0.5, 0.6) is 11.5 Å². The van der Waals surface area contributed by atoms with Gasteiger partial charge in [-0.05, 0) is 59.3 Å². The third-order valence-electron chi connectivity index (χ3n) is 5.34. The van der Waals surface area contributed by atoms with Crippen LogP contribution in [0.3, 0.4) is 0 Å². The molecule has 1 N–H and O–H groups in total. The van der Waals surface area contributed by atoms with Crippen molar-refractivity contribution in [2.24, 2.45) is 0 Å². The molecule has 4 rings (SSSR count). The van der Waals surface area contributed by atoms with Crippen LogP contribution in [0.4, 0.5) is 10.1 Å². The summed E-state index contributed by atoms with van der Waals surface area (Å²) >= 11 is 7.58. The zero-order valence-corrected chi connectivity index (χ0v) is 18.7. The lowest BCUT2D eigenvalue weighted by atomic mass is 9.91. The number of fused-ring (bicyclic) bond motifs is 1. The van der Waals surface area contributed by atoms with E-state index >= 15 is 0 Å². The molecular weight excluding hydrogens is 439 g/mol. The van der Waals surface area contributed by atoms with E-state index in [2.05, 4.69) is 16.3 Å². The lowest BCUT2D eigenvalue weighted by Gasteiger charge is -2.37. The Morgan fingerprint density at radius 2 is 2.00 bits per heavy atom. The second-order valence-corrected chi connectivity index (χ2v) is 8.63. The fraction of sp³-hybridized carbons (Fsp3) is 0.261. The van der Waals surface area contributed by atoms with Gasteiger partial charge in [-0.2, -0.15) is 0 Å². The molecule has 162 valence electrons. The summed E-state index contributed by atoms with van der Waals surface area (Å²) in [6.45, 7) is 0.790. The first-order valence-corrected chi connectivity index (χ1v) is 11.0. The van der Waals surface area contributed by atoms with Gasteiger partial charge in [0.2, 0.25) is 5.91 Å². The molecule has 1 atom stereocenters. The number of thiophene rings is 1. The molecule has 2 aromatic carbocycles. The SMILES string of the molecule is COc1cc2c(cc1OC)C(c1cccs1)N(CC(=O)Nc1cc(Cl)ccc1F)CC2. The molecule has 8 heteroatoms. The molecule has 2 heterocycles. The van der Waals surface area contributed by atoms with Gasteiger partial charge in [-0.3, -0.25) is 9.69 Å². The Kier molecular flexibility index (Phi) is 6.46. The van der Waals surface area contributed by atoms with E-state index in [9.17, 15) is 9.18 Å². The van der Waals surface area contributed by atoms with Gasteiger partial charge < -0.3 is 14.8 Å². The van der Waals surface area contributed by atoms with Gasteiger partial charge in [0.25, 0.3) is 0 Å². The van der Waals surface area contributed by atoms with Crippen molar-refractivity contribution in [3.05, 3.63) is 74.7 Å². The Morgan fingerprint density at radius 1 is 1.23 bits per heavy atom. The molecule has 0 aliphatic carbocycles. The van der Waals surface area contributed by atoms with E-state index in [0.29, 0.717) is 23.1 Å². The maximum atomic E-state index is 14.0. The van der Waals surface area contributed by atoms with E-state index in [1.54, 1.807) is 25.6 Å². The number of rotatable bonds is 6. The molecule has 1 aliphatic heterocycles. The average molecular weight is 461 g/mol. The van der Waals surface area contributed by atoms with Crippen LogP contribution < -0.4 is 14.8 Å². The predicted molar refractivity (Wildman–Crippen MR) is 121 cm³/mol. The van der Waals surface area contributed by atoms with Crippen molar-refractivity contribution in [3.8, 4) is 11.5 Å². The molecule has 0 saturated carbocycles. The second-order valence-electron chi connectivity index (χ2n) is 7.22. The fourth-order valence-electron chi connectivity index (χ4n) is 3.92. The van der Waals surface area contributed by atoms with Crippen molar-refractivity contribution in [1.82, 2.24) is 4.90 Å². The van der Waals surface area contributed by atoms with E-state index in [4.69, 9.17) is 21.1 Å². The highest BCUT2D eigenvalue weighted by atomic mass is 35.5.